The van der Waals surface area contributed by atoms with E-state index in [1.165, 1.54) is 0 Å². The molecule has 4 nitrogen and oxygen atoms in total. The van der Waals surface area contributed by atoms with Gasteiger partial charge in [0.05, 0.1) is 11.1 Å². The van der Waals surface area contributed by atoms with E-state index in [4.69, 9.17) is 4.42 Å². The van der Waals surface area contributed by atoms with E-state index < -0.39 is 0 Å². The van der Waals surface area contributed by atoms with Crippen LogP contribution >= 0.6 is 0 Å². The molecule has 0 saturated carbocycles. The maximum absolute atomic E-state index is 13.1. The Hall–Kier alpha value is -3.14. The molecule has 0 aliphatic carbocycles. The number of hydrogen-bond donors (Lipinski definition) is 0. The minimum Gasteiger partial charge on any atom is -0.460 e. The van der Waals surface area contributed by atoms with Crippen LogP contribution in [-0.2, 0) is 0 Å². The van der Waals surface area contributed by atoms with Crippen molar-refractivity contribution in [1.29, 1.82) is 0 Å². The molecule has 0 bridgehead atoms. The van der Waals surface area contributed by atoms with E-state index in [0.717, 1.165) is 16.7 Å². The third-order valence-corrected chi connectivity index (χ3v) is 3.93. The number of pyridine rings is 1. The van der Waals surface area contributed by atoms with E-state index in [9.17, 15) is 4.79 Å². The normalized spacial score (nSPS) is 10.6. The molecule has 3 rings (SSSR count). The summed E-state index contributed by atoms with van der Waals surface area (Å²) in [6.45, 7) is 10.3. The van der Waals surface area contributed by atoms with E-state index in [0.29, 0.717) is 30.1 Å². The van der Waals surface area contributed by atoms with Crippen LogP contribution < -0.4 is 0 Å². The first-order chi connectivity index (χ1) is 12.1. The summed E-state index contributed by atoms with van der Waals surface area (Å²) in [5.41, 5.74) is 2.00. The Morgan fingerprint density at radius 2 is 1.88 bits per heavy atom. The van der Waals surface area contributed by atoms with Gasteiger partial charge in [0.25, 0.3) is 5.91 Å². The van der Waals surface area contributed by atoms with Crippen molar-refractivity contribution in [3.63, 3.8) is 0 Å². The molecule has 0 atom stereocenters. The van der Waals surface area contributed by atoms with Gasteiger partial charge < -0.3 is 9.32 Å². The number of para-hydroxylation sites is 1. The van der Waals surface area contributed by atoms with Crippen molar-refractivity contribution in [3.8, 4) is 11.5 Å². The van der Waals surface area contributed by atoms with E-state index in [1.807, 2.05) is 43.3 Å². The van der Waals surface area contributed by atoms with E-state index in [-0.39, 0.29) is 5.91 Å². The van der Waals surface area contributed by atoms with Gasteiger partial charge in [-0.15, -0.1) is 13.2 Å². The number of furan rings is 1. The molecule has 0 aliphatic heterocycles. The molecule has 0 N–H and O–H groups in total. The Balaban J connectivity index is 2.16. The molecule has 0 saturated heterocycles. The first-order valence-electron chi connectivity index (χ1n) is 8.11. The summed E-state index contributed by atoms with van der Waals surface area (Å²) >= 11 is 0. The molecule has 0 fully saturated rings. The van der Waals surface area contributed by atoms with Gasteiger partial charge in [-0.05, 0) is 31.2 Å². The fraction of sp³-hybridized carbons (Fsp3) is 0.143. The van der Waals surface area contributed by atoms with Crippen LogP contribution in [0.1, 0.15) is 16.1 Å². The summed E-state index contributed by atoms with van der Waals surface area (Å²) in [6.07, 6.45) is 3.42. The van der Waals surface area contributed by atoms with Gasteiger partial charge in [-0.1, -0.05) is 30.4 Å². The van der Waals surface area contributed by atoms with Crippen molar-refractivity contribution in [2.45, 2.75) is 6.92 Å². The van der Waals surface area contributed by atoms with Gasteiger partial charge in [0.15, 0.2) is 5.76 Å². The van der Waals surface area contributed by atoms with E-state index in [2.05, 4.69) is 18.1 Å². The van der Waals surface area contributed by atoms with Crippen molar-refractivity contribution in [1.82, 2.24) is 9.88 Å². The largest absolute Gasteiger partial charge is 0.460 e. The molecular formula is C21H20N2O2. The third kappa shape index (κ3) is 3.38. The van der Waals surface area contributed by atoms with Crippen LogP contribution in [0.15, 0.2) is 72.2 Å². The lowest BCUT2D eigenvalue weighted by Crippen LogP contribution is -2.31. The van der Waals surface area contributed by atoms with Gasteiger partial charge in [-0.2, -0.15) is 0 Å². The molecule has 2 aromatic heterocycles. The molecule has 0 unspecified atom stereocenters. The molecule has 0 spiro atoms. The second kappa shape index (κ2) is 7.18. The molecule has 0 aliphatic rings. The average Bonchev–Trinajstić information content (AvgIpc) is 3.06. The molecule has 126 valence electrons. The maximum atomic E-state index is 13.1. The molecular weight excluding hydrogens is 312 g/mol. The maximum Gasteiger partial charge on any atom is 0.255 e. The second-order valence-electron chi connectivity index (χ2n) is 5.77. The first-order valence-corrected chi connectivity index (χ1v) is 8.11. The fourth-order valence-electron chi connectivity index (χ4n) is 2.77. The van der Waals surface area contributed by atoms with Gasteiger partial charge in [-0.25, -0.2) is 4.98 Å². The van der Waals surface area contributed by atoms with E-state index in [1.54, 1.807) is 23.1 Å². The van der Waals surface area contributed by atoms with Crippen molar-refractivity contribution in [3.05, 3.63) is 79.1 Å². The summed E-state index contributed by atoms with van der Waals surface area (Å²) in [5, 5.41) is 0.817. The molecule has 3 aromatic rings. The van der Waals surface area contributed by atoms with Crippen LogP contribution in [0.2, 0.25) is 0 Å². The molecule has 1 amide bonds. The van der Waals surface area contributed by atoms with Crippen molar-refractivity contribution in [2.24, 2.45) is 0 Å². The van der Waals surface area contributed by atoms with E-state index >= 15 is 0 Å². The molecule has 0 radical (unpaired) electrons. The number of amides is 1. The van der Waals surface area contributed by atoms with Crippen LogP contribution in [0, 0.1) is 6.92 Å². The van der Waals surface area contributed by atoms with Crippen LogP contribution in [0.5, 0.6) is 0 Å². The highest BCUT2D eigenvalue weighted by atomic mass is 16.3. The minimum absolute atomic E-state index is 0.0806. The number of nitrogens with zero attached hydrogens (tertiary/aromatic N) is 2. The highest BCUT2D eigenvalue weighted by molar-refractivity contribution is 6.07. The average molecular weight is 332 g/mol. The Bertz CT molecular complexity index is 930. The molecule has 2 heterocycles. The SMILES string of the molecule is C=CCN(CC=C)C(=O)c1cc(-c2ccc(C)o2)nc2ccccc12. The minimum atomic E-state index is -0.0806. The standard InChI is InChI=1S/C21H20N2O2/c1-4-12-23(13-5-2)21(24)17-14-19(20-11-10-15(3)25-20)22-18-9-7-6-8-16(17)18/h4-11,14H,1-2,12-13H2,3H3. The van der Waals surface area contributed by atoms with Crippen molar-refractivity contribution < 1.29 is 9.21 Å². The van der Waals surface area contributed by atoms with Crippen LogP contribution in [0.4, 0.5) is 0 Å². The number of hydrogen-bond acceptors (Lipinski definition) is 3. The number of carbonyl (C=O) groups excluding carboxylic acids is 1. The summed E-state index contributed by atoms with van der Waals surface area (Å²) in [4.78, 5) is 19.4. The highest BCUT2D eigenvalue weighted by Gasteiger charge is 2.19. The number of aryl methyl sites for hydroxylation is 1. The van der Waals surface area contributed by atoms with Gasteiger partial charge in [-0.3, -0.25) is 4.79 Å². The smallest absolute Gasteiger partial charge is 0.255 e. The lowest BCUT2D eigenvalue weighted by atomic mass is 10.1. The Kier molecular flexibility index (Phi) is 4.80. The number of rotatable bonds is 6. The molecule has 25 heavy (non-hydrogen) atoms. The number of fused-ring (bicyclic) bond motifs is 1. The van der Waals surface area contributed by atoms with Gasteiger partial charge >= 0.3 is 0 Å². The highest BCUT2D eigenvalue weighted by Crippen LogP contribution is 2.27. The third-order valence-electron chi connectivity index (χ3n) is 3.93. The van der Waals surface area contributed by atoms with Gasteiger partial charge in [0, 0.05) is 18.5 Å². The Morgan fingerprint density at radius 3 is 2.52 bits per heavy atom. The zero-order valence-electron chi connectivity index (χ0n) is 14.2. The van der Waals surface area contributed by atoms with Crippen LogP contribution in [0.25, 0.3) is 22.4 Å². The summed E-state index contributed by atoms with van der Waals surface area (Å²) in [5.74, 6) is 1.37. The van der Waals surface area contributed by atoms with Crippen molar-refractivity contribution >= 4 is 16.8 Å². The second-order valence-corrected chi connectivity index (χ2v) is 5.77. The summed E-state index contributed by atoms with van der Waals surface area (Å²) < 4.78 is 5.69. The van der Waals surface area contributed by atoms with Crippen LogP contribution in [-0.4, -0.2) is 28.9 Å². The summed E-state index contributed by atoms with van der Waals surface area (Å²) in [7, 11) is 0. The molecule has 4 heteroatoms. The van der Waals surface area contributed by atoms with Gasteiger partial charge in [0.2, 0.25) is 0 Å². The monoisotopic (exact) mass is 332 g/mol. The number of carbonyl (C=O) groups is 1. The predicted octanol–water partition coefficient (Wildman–Crippen LogP) is 4.62. The quantitative estimate of drug-likeness (QED) is 0.619. The predicted molar refractivity (Wildman–Crippen MR) is 100 cm³/mol. The number of benzene rings is 1. The number of aromatic nitrogens is 1. The van der Waals surface area contributed by atoms with Gasteiger partial charge in [0.1, 0.15) is 11.5 Å². The zero-order chi connectivity index (χ0) is 17.8. The fourth-order valence-corrected chi connectivity index (χ4v) is 2.77. The molecule has 1 aromatic carbocycles. The Labute approximate surface area is 147 Å². The van der Waals surface area contributed by atoms with Crippen LogP contribution in [0.3, 0.4) is 0 Å². The zero-order valence-corrected chi connectivity index (χ0v) is 14.2. The first kappa shape index (κ1) is 16.7. The Morgan fingerprint density at radius 1 is 1.16 bits per heavy atom. The van der Waals surface area contributed by atoms with Crippen molar-refractivity contribution in [2.75, 3.05) is 13.1 Å². The lowest BCUT2D eigenvalue weighted by molar-refractivity contribution is 0.0793. The topological polar surface area (TPSA) is 46.3 Å². The summed E-state index contributed by atoms with van der Waals surface area (Å²) in [6, 6.07) is 13.2. The lowest BCUT2D eigenvalue weighted by Gasteiger charge is -2.20.